The van der Waals surface area contributed by atoms with Crippen LogP contribution in [0.15, 0.2) is 66.7 Å². The standard InChI is InChI=1S/C39H41N3O6/c1-2-47-29-14-16-31-33(24-29)48-21-20-42-32-23-27(13-15-30(32)35(36(31)42)26-9-4-3-5-10-26)37(45)41-39(18-7-19-39)38(46)40-28-11-6-8-25(22-28)12-17-34(43)44/h6,8,11-17,22-24,26H,2-5,7,9-10,18-21H2,1H3,(H,40,46)(H,41,45)(H,43,44)/b17-12+. The van der Waals surface area contributed by atoms with Crippen LogP contribution >= 0.6 is 0 Å². The molecule has 0 spiro atoms. The summed E-state index contributed by atoms with van der Waals surface area (Å²) in [5.74, 6) is 0.420. The molecule has 0 bridgehead atoms. The highest BCUT2D eigenvalue weighted by atomic mass is 16.5. The molecule has 2 saturated carbocycles. The van der Waals surface area contributed by atoms with Crippen molar-refractivity contribution in [3.05, 3.63) is 83.4 Å². The lowest BCUT2D eigenvalue weighted by Crippen LogP contribution is -2.61. The topological polar surface area (TPSA) is 119 Å². The highest BCUT2D eigenvalue weighted by Gasteiger charge is 2.45. The lowest BCUT2D eigenvalue weighted by molar-refractivity contribution is -0.131. The Hall–Kier alpha value is -5.05. The predicted molar refractivity (Wildman–Crippen MR) is 186 cm³/mol. The van der Waals surface area contributed by atoms with Gasteiger partial charge in [0.2, 0.25) is 5.91 Å². The third-order valence-corrected chi connectivity index (χ3v) is 10.0. The van der Waals surface area contributed by atoms with Crippen molar-refractivity contribution in [3.8, 4) is 22.8 Å². The van der Waals surface area contributed by atoms with Crippen LogP contribution in [0.4, 0.5) is 5.69 Å². The third kappa shape index (κ3) is 6.05. The zero-order valence-electron chi connectivity index (χ0n) is 27.2. The number of carbonyl (C=O) groups excluding carboxylic acids is 2. The number of hydrogen-bond acceptors (Lipinski definition) is 5. The van der Waals surface area contributed by atoms with Gasteiger partial charge in [-0.15, -0.1) is 0 Å². The Balaban J connectivity index is 1.21. The fraction of sp³-hybridized carbons (Fsp3) is 0.359. The van der Waals surface area contributed by atoms with Gasteiger partial charge in [-0.3, -0.25) is 9.59 Å². The molecule has 9 heteroatoms. The predicted octanol–water partition coefficient (Wildman–Crippen LogP) is 7.54. The summed E-state index contributed by atoms with van der Waals surface area (Å²) in [6.07, 6.45) is 10.4. The van der Waals surface area contributed by atoms with Gasteiger partial charge in [-0.2, -0.15) is 0 Å². The summed E-state index contributed by atoms with van der Waals surface area (Å²) in [5.41, 5.74) is 5.23. The van der Waals surface area contributed by atoms with Crippen molar-refractivity contribution >= 4 is 40.4 Å². The first-order chi connectivity index (χ1) is 23.3. The molecule has 9 nitrogen and oxygen atoms in total. The van der Waals surface area contributed by atoms with E-state index in [1.165, 1.54) is 42.0 Å². The first kappa shape index (κ1) is 31.5. The van der Waals surface area contributed by atoms with Gasteiger partial charge < -0.3 is 29.8 Å². The lowest BCUT2D eigenvalue weighted by atomic mass is 9.75. The smallest absolute Gasteiger partial charge is 0.328 e. The molecule has 3 N–H and O–H groups in total. The summed E-state index contributed by atoms with van der Waals surface area (Å²) < 4.78 is 14.4. The third-order valence-electron chi connectivity index (χ3n) is 10.0. The number of rotatable bonds is 9. The number of amides is 2. The molecule has 1 aliphatic heterocycles. The molecule has 7 rings (SSSR count). The maximum Gasteiger partial charge on any atom is 0.328 e. The van der Waals surface area contributed by atoms with E-state index < -0.39 is 11.5 Å². The monoisotopic (exact) mass is 647 g/mol. The van der Waals surface area contributed by atoms with E-state index in [4.69, 9.17) is 14.6 Å². The SMILES string of the molecule is CCOc1ccc2c(c1)OCCn1c-2c(C2CCCCC2)c2ccc(C(=O)NC3(C(=O)Nc4cccc(/C=C/C(=O)O)c4)CCC3)cc21. The number of carbonyl (C=O) groups is 3. The highest BCUT2D eigenvalue weighted by Crippen LogP contribution is 2.48. The second kappa shape index (κ2) is 13.2. The van der Waals surface area contributed by atoms with E-state index in [9.17, 15) is 14.4 Å². The van der Waals surface area contributed by atoms with Gasteiger partial charge in [0.05, 0.1) is 18.8 Å². The highest BCUT2D eigenvalue weighted by molar-refractivity contribution is 6.06. The molecule has 0 atom stereocenters. The van der Waals surface area contributed by atoms with Crippen molar-refractivity contribution in [2.75, 3.05) is 18.5 Å². The molecular weight excluding hydrogens is 606 g/mol. The van der Waals surface area contributed by atoms with Crippen LogP contribution in [-0.4, -0.2) is 46.2 Å². The average molecular weight is 648 g/mol. The van der Waals surface area contributed by atoms with Gasteiger partial charge in [0.15, 0.2) is 0 Å². The molecule has 48 heavy (non-hydrogen) atoms. The summed E-state index contributed by atoms with van der Waals surface area (Å²) in [4.78, 5) is 38.4. The molecule has 2 aliphatic carbocycles. The molecule has 3 aromatic carbocycles. The number of aliphatic carboxylic acids is 1. The van der Waals surface area contributed by atoms with Gasteiger partial charge in [-0.05, 0) is 98.5 Å². The Bertz CT molecular complexity index is 1910. The van der Waals surface area contributed by atoms with E-state index in [-0.39, 0.29) is 11.8 Å². The molecule has 2 fully saturated rings. The maximum absolute atomic E-state index is 13.9. The number of hydrogen-bond donors (Lipinski definition) is 3. The van der Waals surface area contributed by atoms with Crippen LogP contribution in [0.2, 0.25) is 0 Å². The fourth-order valence-electron chi connectivity index (χ4n) is 7.53. The molecule has 0 saturated heterocycles. The van der Waals surface area contributed by atoms with E-state index in [0.29, 0.717) is 55.3 Å². The normalized spacial score (nSPS) is 17.0. The van der Waals surface area contributed by atoms with Crippen LogP contribution in [0.3, 0.4) is 0 Å². The number of nitrogens with one attached hydrogen (secondary N) is 2. The number of carboxylic acids is 1. The number of benzene rings is 3. The first-order valence-electron chi connectivity index (χ1n) is 17.1. The molecule has 0 radical (unpaired) electrons. The Morgan fingerprint density at radius 3 is 2.60 bits per heavy atom. The number of aromatic nitrogens is 1. The van der Waals surface area contributed by atoms with Crippen molar-refractivity contribution < 1.29 is 29.0 Å². The minimum absolute atomic E-state index is 0.279. The van der Waals surface area contributed by atoms with Crippen LogP contribution in [-0.2, 0) is 16.1 Å². The van der Waals surface area contributed by atoms with E-state index >= 15 is 0 Å². The quantitative estimate of drug-likeness (QED) is 0.162. The molecule has 1 aromatic heterocycles. The number of anilines is 1. The van der Waals surface area contributed by atoms with Crippen LogP contribution in [0.5, 0.6) is 11.5 Å². The Labute approximate surface area is 279 Å². The largest absolute Gasteiger partial charge is 0.494 e. The van der Waals surface area contributed by atoms with Crippen LogP contribution < -0.4 is 20.1 Å². The van der Waals surface area contributed by atoms with E-state index in [2.05, 4.69) is 27.3 Å². The second-order valence-corrected chi connectivity index (χ2v) is 13.1. The summed E-state index contributed by atoms with van der Waals surface area (Å²) in [6, 6.07) is 19.0. The summed E-state index contributed by atoms with van der Waals surface area (Å²) >= 11 is 0. The zero-order valence-corrected chi connectivity index (χ0v) is 27.2. The molecule has 2 amide bonds. The van der Waals surface area contributed by atoms with Gasteiger partial charge in [0.1, 0.15) is 23.6 Å². The van der Waals surface area contributed by atoms with Crippen molar-refractivity contribution in [3.63, 3.8) is 0 Å². The van der Waals surface area contributed by atoms with Gasteiger partial charge in [0, 0.05) is 39.9 Å². The van der Waals surface area contributed by atoms with Crippen molar-refractivity contribution in [1.29, 1.82) is 0 Å². The van der Waals surface area contributed by atoms with E-state index in [1.807, 2.05) is 31.2 Å². The number of fused-ring (bicyclic) bond motifs is 5. The fourth-order valence-corrected chi connectivity index (χ4v) is 7.53. The molecule has 4 aromatic rings. The van der Waals surface area contributed by atoms with Crippen LogP contribution in [0.25, 0.3) is 28.2 Å². The van der Waals surface area contributed by atoms with Crippen molar-refractivity contribution in [2.45, 2.75) is 76.3 Å². The molecule has 2 heterocycles. The van der Waals surface area contributed by atoms with Crippen molar-refractivity contribution in [1.82, 2.24) is 9.88 Å². The van der Waals surface area contributed by atoms with Crippen molar-refractivity contribution in [2.24, 2.45) is 0 Å². The maximum atomic E-state index is 13.9. The summed E-state index contributed by atoms with van der Waals surface area (Å²) in [5, 5.41) is 16.2. The number of ether oxygens (including phenoxy) is 2. The van der Waals surface area contributed by atoms with Crippen LogP contribution in [0.1, 0.15) is 85.7 Å². The van der Waals surface area contributed by atoms with E-state index in [0.717, 1.165) is 47.9 Å². The summed E-state index contributed by atoms with van der Waals surface area (Å²) in [7, 11) is 0. The second-order valence-electron chi connectivity index (χ2n) is 13.1. The van der Waals surface area contributed by atoms with Crippen LogP contribution in [0, 0.1) is 0 Å². The minimum Gasteiger partial charge on any atom is -0.494 e. The Morgan fingerprint density at radius 1 is 1.02 bits per heavy atom. The zero-order chi connectivity index (χ0) is 33.3. The molecule has 3 aliphatic rings. The van der Waals surface area contributed by atoms with Gasteiger partial charge in [-0.1, -0.05) is 37.5 Å². The van der Waals surface area contributed by atoms with Gasteiger partial charge in [-0.25, -0.2) is 4.79 Å². The number of nitrogens with zero attached hydrogens (tertiary/aromatic N) is 1. The molecule has 248 valence electrons. The van der Waals surface area contributed by atoms with Gasteiger partial charge >= 0.3 is 5.97 Å². The van der Waals surface area contributed by atoms with E-state index in [1.54, 1.807) is 24.3 Å². The molecule has 0 unspecified atom stereocenters. The van der Waals surface area contributed by atoms with Gasteiger partial charge in [0.25, 0.3) is 5.91 Å². The summed E-state index contributed by atoms with van der Waals surface area (Å²) in [6.45, 7) is 3.70. The first-order valence-corrected chi connectivity index (χ1v) is 17.1. The Morgan fingerprint density at radius 2 is 1.85 bits per heavy atom. The molecular formula is C39H41N3O6. The lowest BCUT2D eigenvalue weighted by Gasteiger charge is -2.40. The average Bonchev–Trinajstić information content (AvgIpc) is 3.27. The minimum atomic E-state index is -1.05. The Kier molecular flexibility index (Phi) is 8.69. The number of carboxylic acid groups (broad SMARTS) is 1.